The number of ether oxygens (including phenoxy) is 1. The van der Waals surface area contributed by atoms with Crippen LogP contribution in [0.2, 0.25) is 0 Å². The number of carbonyl (C=O) groups is 1. The Morgan fingerprint density at radius 3 is 2.89 bits per heavy atom. The topological polar surface area (TPSA) is 59.4 Å². The Morgan fingerprint density at radius 1 is 1.47 bits per heavy atom. The van der Waals surface area contributed by atoms with Gasteiger partial charge in [0.05, 0.1) is 21.1 Å². The van der Waals surface area contributed by atoms with Crippen molar-refractivity contribution in [3.63, 3.8) is 0 Å². The maximum Gasteiger partial charge on any atom is 0.335 e. The molecule has 1 heterocycles. The first-order valence-corrected chi connectivity index (χ1v) is 6.83. The molecule has 2 aromatic rings. The molecule has 2 rings (SSSR count). The van der Waals surface area contributed by atoms with E-state index in [0.29, 0.717) is 12.4 Å². The van der Waals surface area contributed by atoms with Gasteiger partial charge in [0, 0.05) is 0 Å². The smallest absolute Gasteiger partial charge is 0.335 e. The number of aromatic nitrogens is 1. The van der Waals surface area contributed by atoms with Gasteiger partial charge < -0.3 is 9.84 Å². The van der Waals surface area contributed by atoms with Gasteiger partial charge in [0.2, 0.25) is 0 Å². The molecule has 0 aliphatic carbocycles. The van der Waals surface area contributed by atoms with E-state index >= 15 is 0 Å². The lowest BCUT2D eigenvalue weighted by Crippen LogP contribution is -1.99. The highest BCUT2D eigenvalue weighted by Gasteiger charge is 2.08. The van der Waals surface area contributed by atoms with Crippen LogP contribution in [0.15, 0.2) is 24.3 Å². The molecule has 100 valence electrons. The van der Waals surface area contributed by atoms with Gasteiger partial charge in [0.25, 0.3) is 0 Å². The van der Waals surface area contributed by atoms with Gasteiger partial charge in [-0.1, -0.05) is 13.0 Å². The van der Waals surface area contributed by atoms with Crippen LogP contribution in [0.5, 0.6) is 5.75 Å². The van der Waals surface area contributed by atoms with E-state index in [4.69, 9.17) is 9.84 Å². The number of benzene rings is 1. The standard InChI is InChI=1S/C14H15NO3S/c1-3-13-15-9(2)12(19-13)8-18-11-6-4-5-10(7-11)14(16)17/h4-7H,3,8H2,1-2H3,(H,16,17). The monoisotopic (exact) mass is 277 g/mol. The fraction of sp³-hybridized carbons (Fsp3) is 0.286. The first kappa shape index (κ1) is 13.5. The van der Waals surface area contributed by atoms with Gasteiger partial charge in [-0.05, 0) is 31.5 Å². The Kier molecular flexibility index (Phi) is 4.16. The molecule has 0 saturated carbocycles. The molecule has 0 radical (unpaired) electrons. The van der Waals surface area contributed by atoms with Crippen LogP contribution in [0.1, 0.15) is 32.9 Å². The number of thiazole rings is 1. The third-order valence-electron chi connectivity index (χ3n) is 2.69. The van der Waals surface area contributed by atoms with Crippen molar-refractivity contribution in [2.45, 2.75) is 26.9 Å². The highest BCUT2D eigenvalue weighted by atomic mass is 32.1. The number of aromatic carboxylic acids is 1. The largest absolute Gasteiger partial charge is 0.488 e. The second-order valence-electron chi connectivity index (χ2n) is 4.09. The van der Waals surface area contributed by atoms with Gasteiger partial charge in [-0.25, -0.2) is 9.78 Å². The first-order valence-electron chi connectivity index (χ1n) is 6.01. The zero-order chi connectivity index (χ0) is 13.8. The molecule has 0 fully saturated rings. The van der Waals surface area contributed by atoms with Gasteiger partial charge in [-0.2, -0.15) is 0 Å². The van der Waals surface area contributed by atoms with E-state index in [9.17, 15) is 4.79 Å². The van der Waals surface area contributed by atoms with Crippen LogP contribution < -0.4 is 4.74 Å². The minimum atomic E-state index is -0.951. The second kappa shape index (κ2) is 5.84. The lowest BCUT2D eigenvalue weighted by Gasteiger charge is -2.05. The van der Waals surface area contributed by atoms with Gasteiger partial charge in [-0.15, -0.1) is 11.3 Å². The molecule has 19 heavy (non-hydrogen) atoms. The Bertz CT molecular complexity index is 592. The quantitative estimate of drug-likeness (QED) is 0.911. The molecule has 0 bridgehead atoms. The molecule has 0 spiro atoms. The van der Waals surface area contributed by atoms with E-state index in [1.54, 1.807) is 29.5 Å². The lowest BCUT2D eigenvalue weighted by atomic mass is 10.2. The zero-order valence-electron chi connectivity index (χ0n) is 10.8. The van der Waals surface area contributed by atoms with Crippen molar-refractivity contribution < 1.29 is 14.6 Å². The summed E-state index contributed by atoms with van der Waals surface area (Å²) in [7, 11) is 0. The van der Waals surface area contributed by atoms with Gasteiger partial charge in [0.15, 0.2) is 0 Å². The fourth-order valence-corrected chi connectivity index (χ4v) is 2.56. The molecule has 1 N–H and O–H groups in total. The summed E-state index contributed by atoms with van der Waals surface area (Å²) in [6.07, 6.45) is 0.917. The number of rotatable bonds is 5. The summed E-state index contributed by atoms with van der Waals surface area (Å²) in [5.41, 5.74) is 1.21. The minimum absolute atomic E-state index is 0.229. The molecule has 1 aromatic heterocycles. The minimum Gasteiger partial charge on any atom is -0.488 e. The molecule has 0 saturated heterocycles. The third kappa shape index (κ3) is 3.32. The summed E-state index contributed by atoms with van der Waals surface area (Å²) in [5.74, 6) is -0.390. The molecule has 0 atom stereocenters. The molecule has 0 amide bonds. The molecule has 0 aliphatic rings. The highest BCUT2D eigenvalue weighted by Crippen LogP contribution is 2.21. The number of hydrogen-bond acceptors (Lipinski definition) is 4. The first-order chi connectivity index (χ1) is 9.10. The molecule has 1 aromatic carbocycles. The average molecular weight is 277 g/mol. The van der Waals surface area contributed by atoms with E-state index in [1.165, 1.54) is 6.07 Å². The number of nitrogens with zero attached hydrogens (tertiary/aromatic N) is 1. The van der Waals surface area contributed by atoms with Crippen molar-refractivity contribution in [2.24, 2.45) is 0 Å². The van der Waals surface area contributed by atoms with E-state index < -0.39 is 5.97 Å². The lowest BCUT2D eigenvalue weighted by molar-refractivity contribution is 0.0696. The summed E-state index contributed by atoms with van der Waals surface area (Å²) < 4.78 is 5.63. The maximum atomic E-state index is 10.9. The number of carboxylic acids is 1. The second-order valence-corrected chi connectivity index (χ2v) is 5.26. The van der Waals surface area contributed by atoms with Gasteiger partial charge in [0.1, 0.15) is 12.4 Å². The van der Waals surface area contributed by atoms with E-state index in [-0.39, 0.29) is 5.56 Å². The molecular formula is C14H15NO3S. The Labute approximate surface area is 115 Å². The number of aryl methyl sites for hydroxylation is 2. The number of carboxylic acid groups (broad SMARTS) is 1. The van der Waals surface area contributed by atoms with Crippen molar-refractivity contribution >= 4 is 17.3 Å². The van der Waals surface area contributed by atoms with Crippen LogP contribution >= 0.6 is 11.3 Å². The van der Waals surface area contributed by atoms with Gasteiger partial charge >= 0.3 is 5.97 Å². The van der Waals surface area contributed by atoms with Gasteiger partial charge in [-0.3, -0.25) is 0 Å². The predicted octanol–water partition coefficient (Wildman–Crippen LogP) is 3.29. The van der Waals surface area contributed by atoms with Crippen LogP contribution in [0.25, 0.3) is 0 Å². The predicted molar refractivity (Wildman–Crippen MR) is 74.0 cm³/mol. The van der Waals surface area contributed by atoms with Crippen molar-refractivity contribution in [3.05, 3.63) is 45.4 Å². The van der Waals surface area contributed by atoms with E-state index in [2.05, 4.69) is 11.9 Å². The summed E-state index contributed by atoms with van der Waals surface area (Å²) in [6, 6.07) is 6.50. The van der Waals surface area contributed by atoms with Crippen molar-refractivity contribution in [2.75, 3.05) is 0 Å². The summed E-state index contributed by atoms with van der Waals surface area (Å²) >= 11 is 1.64. The molecule has 5 heteroatoms. The molecule has 4 nitrogen and oxygen atoms in total. The summed E-state index contributed by atoms with van der Waals surface area (Å²) in [4.78, 5) is 16.4. The molecular weight excluding hydrogens is 262 g/mol. The fourth-order valence-electron chi connectivity index (χ4n) is 1.64. The average Bonchev–Trinajstić information content (AvgIpc) is 2.77. The highest BCUT2D eigenvalue weighted by molar-refractivity contribution is 7.11. The van der Waals surface area contributed by atoms with Crippen molar-refractivity contribution in [1.82, 2.24) is 4.98 Å². The van der Waals surface area contributed by atoms with Crippen LogP contribution in [-0.2, 0) is 13.0 Å². The van der Waals surface area contributed by atoms with Crippen molar-refractivity contribution in [1.29, 1.82) is 0 Å². The summed E-state index contributed by atoms with van der Waals surface area (Å²) in [5, 5.41) is 10.0. The third-order valence-corrected chi connectivity index (χ3v) is 3.97. The Balaban J connectivity index is 2.07. The Hall–Kier alpha value is -1.88. The van der Waals surface area contributed by atoms with Crippen LogP contribution in [0, 0.1) is 6.92 Å². The van der Waals surface area contributed by atoms with Crippen molar-refractivity contribution in [3.8, 4) is 5.75 Å². The van der Waals surface area contributed by atoms with Crippen LogP contribution in [0.3, 0.4) is 0 Å². The zero-order valence-corrected chi connectivity index (χ0v) is 11.7. The van der Waals surface area contributed by atoms with E-state index in [1.807, 2.05) is 6.92 Å². The maximum absolute atomic E-state index is 10.9. The Morgan fingerprint density at radius 2 is 2.26 bits per heavy atom. The van der Waals surface area contributed by atoms with Crippen LogP contribution in [0.4, 0.5) is 0 Å². The normalized spacial score (nSPS) is 10.4. The summed E-state index contributed by atoms with van der Waals surface area (Å²) in [6.45, 7) is 4.45. The van der Waals surface area contributed by atoms with E-state index in [0.717, 1.165) is 22.0 Å². The van der Waals surface area contributed by atoms with Crippen LogP contribution in [-0.4, -0.2) is 16.1 Å². The SMILES string of the molecule is CCc1nc(C)c(COc2cccc(C(=O)O)c2)s1. The molecule has 0 aliphatic heterocycles. The number of hydrogen-bond donors (Lipinski definition) is 1. The molecule has 0 unspecified atom stereocenters.